The smallest absolute Gasteiger partial charge is 0.321 e. The number of ether oxygens (including phenoxy) is 2. The van der Waals surface area contributed by atoms with Crippen LogP contribution in [0.2, 0.25) is 0 Å². The lowest BCUT2D eigenvalue weighted by Gasteiger charge is -2.18. The highest BCUT2D eigenvalue weighted by atomic mass is 32.2. The molecule has 150 valence electrons. The summed E-state index contributed by atoms with van der Waals surface area (Å²) in [7, 11) is 0. The van der Waals surface area contributed by atoms with Crippen LogP contribution in [0.3, 0.4) is 0 Å². The maximum absolute atomic E-state index is 11.2. The molecule has 1 fully saturated rings. The minimum absolute atomic E-state index is 0.0593. The van der Waals surface area contributed by atoms with Gasteiger partial charge < -0.3 is 14.6 Å². The van der Waals surface area contributed by atoms with Crippen molar-refractivity contribution in [2.24, 2.45) is 0 Å². The number of carboxylic acids is 1. The van der Waals surface area contributed by atoms with Gasteiger partial charge in [-0.3, -0.25) is 10.1 Å². The van der Waals surface area contributed by atoms with Crippen LogP contribution in [0.1, 0.15) is 40.1 Å². The molecule has 2 N–H and O–H groups in total. The van der Waals surface area contributed by atoms with Gasteiger partial charge in [0.15, 0.2) is 11.5 Å². The third-order valence-corrected chi connectivity index (χ3v) is 6.13. The summed E-state index contributed by atoms with van der Waals surface area (Å²) >= 11 is 1.59. The summed E-state index contributed by atoms with van der Waals surface area (Å²) in [5, 5.41) is 12.3. The molecule has 1 aliphatic heterocycles. The molecule has 0 bridgehead atoms. The number of hydrogen-bond donors (Lipinski definition) is 2. The Morgan fingerprint density at radius 2 is 1.86 bits per heavy atom. The van der Waals surface area contributed by atoms with Crippen molar-refractivity contribution in [3.63, 3.8) is 0 Å². The Bertz CT molecular complexity index is 845. The molecule has 2 atom stereocenters. The van der Waals surface area contributed by atoms with Crippen molar-refractivity contribution >= 4 is 17.7 Å². The second-order valence-corrected chi connectivity index (χ2v) is 8.21. The summed E-state index contributed by atoms with van der Waals surface area (Å²) in [6, 6.07) is 9.65. The van der Waals surface area contributed by atoms with E-state index in [0.717, 1.165) is 5.56 Å². The molecule has 0 amide bonds. The Kier molecular flexibility index (Phi) is 6.52. The molecule has 0 saturated carbocycles. The summed E-state index contributed by atoms with van der Waals surface area (Å²) in [6.07, 6.45) is 0. The standard InChI is InChI=1S/C22H27NO4S/c1-5-26-20-10-16(21-23-18(12-28-21)22(24)25)6-7-19(20)27-11-17-14(3)8-13(2)9-15(17)4/h6-10,18,21,23H,5,11-12H2,1-4H3,(H,24,25). The number of aliphatic carboxylic acids is 1. The van der Waals surface area contributed by atoms with E-state index < -0.39 is 12.0 Å². The molecule has 0 aliphatic carbocycles. The van der Waals surface area contributed by atoms with Crippen LogP contribution in [0, 0.1) is 20.8 Å². The van der Waals surface area contributed by atoms with Crippen LogP contribution < -0.4 is 14.8 Å². The number of rotatable bonds is 7. The number of benzene rings is 2. The molecule has 1 heterocycles. The predicted octanol–water partition coefficient (Wildman–Crippen LogP) is 4.38. The van der Waals surface area contributed by atoms with Crippen molar-refractivity contribution in [2.75, 3.05) is 12.4 Å². The Balaban J connectivity index is 1.77. The van der Waals surface area contributed by atoms with Crippen LogP contribution >= 0.6 is 11.8 Å². The molecule has 1 saturated heterocycles. The molecule has 2 unspecified atom stereocenters. The lowest BCUT2D eigenvalue weighted by molar-refractivity contribution is -0.138. The lowest BCUT2D eigenvalue weighted by Crippen LogP contribution is -2.33. The molecule has 0 aromatic heterocycles. The minimum atomic E-state index is -0.816. The van der Waals surface area contributed by atoms with Gasteiger partial charge in [-0.15, -0.1) is 11.8 Å². The number of thioether (sulfide) groups is 1. The second kappa shape index (κ2) is 8.88. The summed E-state index contributed by atoms with van der Waals surface area (Å²) < 4.78 is 11.9. The number of carboxylic acid groups (broad SMARTS) is 1. The number of carbonyl (C=O) groups is 1. The van der Waals surface area contributed by atoms with Crippen LogP contribution in [-0.2, 0) is 11.4 Å². The molecule has 1 aliphatic rings. The third-order valence-electron chi connectivity index (χ3n) is 4.86. The number of hydrogen-bond acceptors (Lipinski definition) is 5. The maximum atomic E-state index is 11.2. The summed E-state index contributed by atoms with van der Waals surface area (Å²) in [6.45, 7) is 9.26. The van der Waals surface area contributed by atoms with Gasteiger partial charge in [-0.25, -0.2) is 0 Å². The average Bonchev–Trinajstić information content (AvgIpc) is 3.12. The normalized spacial score (nSPS) is 18.9. The van der Waals surface area contributed by atoms with Crippen molar-refractivity contribution in [3.8, 4) is 11.5 Å². The Hall–Kier alpha value is -2.18. The van der Waals surface area contributed by atoms with Crippen molar-refractivity contribution in [1.82, 2.24) is 5.32 Å². The van der Waals surface area contributed by atoms with Gasteiger partial charge in [-0.1, -0.05) is 23.8 Å². The van der Waals surface area contributed by atoms with E-state index in [4.69, 9.17) is 9.47 Å². The van der Waals surface area contributed by atoms with Crippen molar-refractivity contribution in [3.05, 3.63) is 58.1 Å². The highest BCUT2D eigenvalue weighted by Gasteiger charge is 2.30. The van der Waals surface area contributed by atoms with Gasteiger partial charge in [0.2, 0.25) is 0 Å². The first-order valence-electron chi connectivity index (χ1n) is 9.45. The molecular formula is C22H27NO4S. The summed E-state index contributed by atoms with van der Waals surface area (Å²) in [5.74, 6) is 1.11. The van der Waals surface area contributed by atoms with Crippen LogP contribution in [-0.4, -0.2) is 29.5 Å². The van der Waals surface area contributed by atoms with Gasteiger partial charge in [0.1, 0.15) is 12.6 Å². The summed E-state index contributed by atoms with van der Waals surface area (Å²) in [4.78, 5) is 11.2. The predicted molar refractivity (Wildman–Crippen MR) is 112 cm³/mol. The monoisotopic (exact) mass is 401 g/mol. The van der Waals surface area contributed by atoms with Gasteiger partial charge in [0.05, 0.1) is 12.0 Å². The molecule has 3 rings (SSSR count). The zero-order valence-electron chi connectivity index (χ0n) is 16.7. The molecule has 0 radical (unpaired) electrons. The van der Waals surface area contributed by atoms with Crippen LogP contribution in [0.25, 0.3) is 0 Å². The first kappa shape index (κ1) is 20.6. The van der Waals surface area contributed by atoms with Gasteiger partial charge in [0.25, 0.3) is 0 Å². The van der Waals surface area contributed by atoms with Crippen molar-refractivity contribution in [2.45, 2.75) is 45.7 Å². The average molecular weight is 402 g/mol. The highest BCUT2D eigenvalue weighted by molar-refractivity contribution is 7.99. The van der Waals surface area contributed by atoms with E-state index in [1.54, 1.807) is 11.8 Å². The largest absolute Gasteiger partial charge is 0.490 e. The summed E-state index contributed by atoms with van der Waals surface area (Å²) in [5.41, 5.74) is 5.87. The van der Waals surface area contributed by atoms with Crippen molar-refractivity contribution < 1.29 is 19.4 Å². The van der Waals surface area contributed by atoms with E-state index in [0.29, 0.717) is 30.5 Å². The zero-order valence-corrected chi connectivity index (χ0v) is 17.6. The molecule has 2 aromatic carbocycles. The number of aryl methyl sites for hydroxylation is 3. The van der Waals surface area contributed by atoms with E-state index in [1.165, 1.54) is 22.3 Å². The number of nitrogens with one attached hydrogen (secondary N) is 1. The maximum Gasteiger partial charge on any atom is 0.321 e. The van der Waals surface area contributed by atoms with Gasteiger partial charge in [-0.05, 0) is 62.1 Å². The van der Waals surface area contributed by atoms with Gasteiger partial charge in [0, 0.05) is 5.75 Å². The topological polar surface area (TPSA) is 67.8 Å². The SMILES string of the molecule is CCOc1cc(C2NC(C(=O)O)CS2)ccc1OCc1c(C)cc(C)cc1C. The Morgan fingerprint density at radius 3 is 2.46 bits per heavy atom. The van der Waals surface area contributed by atoms with E-state index in [-0.39, 0.29) is 5.37 Å². The zero-order chi connectivity index (χ0) is 20.3. The van der Waals surface area contributed by atoms with Crippen LogP contribution in [0.15, 0.2) is 30.3 Å². The Morgan fingerprint density at radius 1 is 1.14 bits per heavy atom. The van der Waals surface area contributed by atoms with E-state index in [1.807, 2.05) is 25.1 Å². The quantitative estimate of drug-likeness (QED) is 0.718. The molecule has 28 heavy (non-hydrogen) atoms. The third kappa shape index (κ3) is 4.62. The second-order valence-electron chi connectivity index (χ2n) is 7.08. The fourth-order valence-electron chi connectivity index (χ4n) is 3.47. The van der Waals surface area contributed by atoms with Gasteiger partial charge >= 0.3 is 5.97 Å². The fourth-order valence-corrected chi connectivity index (χ4v) is 4.69. The molecule has 5 nitrogen and oxygen atoms in total. The van der Waals surface area contributed by atoms with E-state index in [2.05, 4.69) is 38.2 Å². The highest BCUT2D eigenvalue weighted by Crippen LogP contribution is 2.38. The molecule has 6 heteroatoms. The van der Waals surface area contributed by atoms with Gasteiger partial charge in [-0.2, -0.15) is 0 Å². The van der Waals surface area contributed by atoms with E-state index in [9.17, 15) is 9.90 Å². The first-order valence-corrected chi connectivity index (χ1v) is 10.5. The molecule has 2 aromatic rings. The minimum Gasteiger partial charge on any atom is -0.490 e. The Labute approximate surface area is 170 Å². The molecular weight excluding hydrogens is 374 g/mol. The fraction of sp³-hybridized carbons (Fsp3) is 0.409. The van der Waals surface area contributed by atoms with E-state index >= 15 is 0 Å². The molecule has 0 spiro atoms. The van der Waals surface area contributed by atoms with Crippen molar-refractivity contribution in [1.29, 1.82) is 0 Å². The first-order chi connectivity index (χ1) is 13.4. The van der Waals surface area contributed by atoms with Crippen LogP contribution in [0.4, 0.5) is 0 Å². The lowest BCUT2D eigenvalue weighted by atomic mass is 10.0. The van der Waals surface area contributed by atoms with Crippen LogP contribution in [0.5, 0.6) is 11.5 Å².